The van der Waals surface area contributed by atoms with E-state index in [2.05, 4.69) is 48.2 Å². The van der Waals surface area contributed by atoms with E-state index in [4.69, 9.17) is 0 Å². The Morgan fingerprint density at radius 3 is 2.59 bits per heavy atom. The normalized spacial score (nSPS) is 17.9. The maximum absolute atomic E-state index is 12.8. The fraction of sp³-hybridized carbons (Fsp3) is 0.217. The van der Waals surface area contributed by atoms with Crippen LogP contribution in [0, 0.1) is 11.3 Å². The average Bonchev–Trinajstić information content (AvgIpc) is 2.70. The van der Waals surface area contributed by atoms with Crippen LogP contribution in [-0.2, 0) is 11.3 Å². The molecular weight excluding hydrogens is 334 g/mol. The number of carbonyl (C=O) groups excluding carboxylic acids is 1. The monoisotopic (exact) mass is 355 g/mol. The number of nitriles is 1. The van der Waals surface area contributed by atoms with Crippen molar-refractivity contribution < 1.29 is 4.79 Å². The lowest BCUT2D eigenvalue weighted by Crippen LogP contribution is -2.55. The van der Waals surface area contributed by atoms with Gasteiger partial charge in [-0.05, 0) is 41.5 Å². The van der Waals surface area contributed by atoms with Gasteiger partial charge in [-0.2, -0.15) is 5.26 Å². The molecule has 0 radical (unpaired) electrons. The van der Waals surface area contributed by atoms with Crippen molar-refractivity contribution in [3.05, 3.63) is 77.9 Å². The van der Waals surface area contributed by atoms with Gasteiger partial charge in [-0.15, -0.1) is 0 Å². The fourth-order valence-corrected chi connectivity index (χ4v) is 3.72. The molecule has 4 rings (SSSR count). The Morgan fingerprint density at radius 1 is 1.04 bits per heavy atom. The first-order valence-electron chi connectivity index (χ1n) is 9.17. The molecule has 1 saturated heterocycles. The first kappa shape index (κ1) is 17.3. The molecule has 27 heavy (non-hydrogen) atoms. The van der Waals surface area contributed by atoms with Gasteiger partial charge in [0, 0.05) is 19.1 Å². The molecule has 3 aromatic rings. The smallest absolute Gasteiger partial charge is 0.241 e. The highest BCUT2D eigenvalue weighted by Crippen LogP contribution is 2.25. The van der Waals surface area contributed by atoms with Crippen LogP contribution in [0.5, 0.6) is 0 Å². The summed E-state index contributed by atoms with van der Waals surface area (Å²) in [7, 11) is 0. The molecule has 1 amide bonds. The molecular formula is C23H21N3O. The zero-order chi connectivity index (χ0) is 18.8. The molecule has 1 aliphatic rings. The maximum Gasteiger partial charge on any atom is 0.241 e. The van der Waals surface area contributed by atoms with Gasteiger partial charge in [0.1, 0.15) is 6.07 Å². The zero-order valence-corrected chi connectivity index (χ0v) is 15.3. The van der Waals surface area contributed by atoms with Gasteiger partial charge in [0.05, 0.1) is 17.8 Å². The highest BCUT2D eigenvalue weighted by atomic mass is 16.2. The summed E-state index contributed by atoms with van der Waals surface area (Å²) in [5, 5.41) is 11.8. The number of para-hydroxylation sites is 1. The Labute approximate surface area is 159 Å². The highest BCUT2D eigenvalue weighted by Gasteiger charge is 2.31. The van der Waals surface area contributed by atoms with E-state index in [-0.39, 0.29) is 11.9 Å². The average molecular weight is 355 g/mol. The summed E-state index contributed by atoms with van der Waals surface area (Å²) in [6.07, 6.45) is 0. The molecule has 1 fully saturated rings. The molecule has 1 atom stereocenters. The summed E-state index contributed by atoms with van der Waals surface area (Å²) >= 11 is 0. The Kier molecular flexibility index (Phi) is 4.62. The summed E-state index contributed by atoms with van der Waals surface area (Å²) in [6, 6.07) is 24.5. The Balaban J connectivity index is 1.53. The molecule has 0 saturated carbocycles. The first-order chi connectivity index (χ1) is 13.2. The number of nitrogens with zero attached hydrogens (tertiary/aromatic N) is 3. The molecule has 0 aliphatic carbocycles. The van der Waals surface area contributed by atoms with Crippen molar-refractivity contribution in [3.63, 3.8) is 0 Å². The van der Waals surface area contributed by atoms with Crippen molar-refractivity contribution in [1.29, 1.82) is 5.26 Å². The van der Waals surface area contributed by atoms with E-state index in [9.17, 15) is 10.1 Å². The predicted octanol–water partition coefficient (Wildman–Crippen LogP) is 3.95. The molecule has 0 bridgehead atoms. The van der Waals surface area contributed by atoms with Crippen LogP contribution in [-0.4, -0.2) is 29.9 Å². The summed E-state index contributed by atoms with van der Waals surface area (Å²) in [5.41, 5.74) is 2.46. The lowest BCUT2D eigenvalue weighted by atomic mass is 10.0. The van der Waals surface area contributed by atoms with Crippen LogP contribution in [0.25, 0.3) is 10.8 Å². The maximum atomic E-state index is 12.8. The van der Waals surface area contributed by atoms with E-state index in [1.165, 1.54) is 16.3 Å². The van der Waals surface area contributed by atoms with Crippen LogP contribution < -0.4 is 4.90 Å². The molecule has 1 aliphatic heterocycles. The number of benzene rings is 3. The largest absolute Gasteiger partial charge is 0.308 e. The number of hydrogen-bond acceptors (Lipinski definition) is 3. The van der Waals surface area contributed by atoms with Crippen LogP contribution in [0.3, 0.4) is 0 Å². The second-order valence-corrected chi connectivity index (χ2v) is 7.07. The van der Waals surface area contributed by atoms with Crippen LogP contribution in [0.15, 0.2) is 66.7 Å². The second kappa shape index (κ2) is 7.22. The number of hydrogen-bond donors (Lipinski definition) is 0. The van der Waals surface area contributed by atoms with Gasteiger partial charge in [0.15, 0.2) is 0 Å². The number of fused-ring (bicyclic) bond motifs is 1. The minimum Gasteiger partial charge on any atom is -0.308 e. The minimum atomic E-state index is 0.0385. The first-order valence-corrected chi connectivity index (χ1v) is 9.17. The predicted molar refractivity (Wildman–Crippen MR) is 107 cm³/mol. The fourth-order valence-electron chi connectivity index (χ4n) is 3.72. The third kappa shape index (κ3) is 3.42. The molecule has 3 aromatic carbocycles. The molecule has 0 N–H and O–H groups in total. The summed E-state index contributed by atoms with van der Waals surface area (Å²) in [4.78, 5) is 16.8. The molecule has 0 unspecified atom stereocenters. The van der Waals surface area contributed by atoms with Gasteiger partial charge in [-0.1, -0.05) is 48.5 Å². The Morgan fingerprint density at radius 2 is 1.78 bits per heavy atom. The molecule has 0 aromatic heterocycles. The van der Waals surface area contributed by atoms with Crippen molar-refractivity contribution in [2.75, 3.05) is 18.0 Å². The number of piperazine rings is 1. The third-order valence-corrected chi connectivity index (χ3v) is 5.22. The lowest BCUT2D eigenvalue weighted by Gasteiger charge is -2.39. The molecule has 4 heteroatoms. The topological polar surface area (TPSA) is 47.3 Å². The summed E-state index contributed by atoms with van der Waals surface area (Å²) < 4.78 is 0. The van der Waals surface area contributed by atoms with Gasteiger partial charge < -0.3 is 4.90 Å². The number of amides is 1. The van der Waals surface area contributed by atoms with Gasteiger partial charge in [0.2, 0.25) is 5.91 Å². The van der Waals surface area contributed by atoms with E-state index < -0.39 is 0 Å². The quantitative estimate of drug-likeness (QED) is 0.715. The SMILES string of the molecule is C[C@@H]1CN(c2ccccc2C#N)C(=O)CN1Cc1ccc2ccccc2c1. The van der Waals surface area contributed by atoms with E-state index in [0.29, 0.717) is 24.3 Å². The van der Waals surface area contributed by atoms with Crippen LogP contribution >= 0.6 is 0 Å². The molecule has 1 heterocycles. The van der Waals surface area contributed by atoms with E-state index in [1.807, 2.05) is 30.3 Å². The lowest BCUT2D eigenvalue weighted by molar-refractivity contribution is -0.122. The zero-order valence-electron chi connectivity index (χ0n) is 15.3. The third-order valence-electron chi connectivity index (χ3n) is 5.22. The number of rotatable bonds is 3. The summed E-state index contributed by atoms with van der Waals surface area (Å²) in [5.74, 6) is 0.0385. The molecule has 4 nitrogen and oxygen atoms in total. The van der Waals surface area contributed by atoms with Crippen molar-refractivity contribution in [3.8, 4) is 6.07 Å². The number of carbonyl (C=O) groups is 1. The minimum absolute atomic E-state index is 0.0385. The number of anilines is 1. The highest BCUT2D eigenvalue weighted by molar-refractivity contribution is 5.97. The van der Waals surface area contributed by atoms with Crippen LogP contribution in [0.2, 0.25) is 0 Å². The van der Waals surface area contributed by atoms with Gasteiger partial charge in [-0.3, -0.25) is 9.69 Å². The Bertz CT molecular complexity index is 1040. The van der Waals surface area contributed by atoms with Gasteiger partial charge >= 0.3 is 0 Å². The van der Waals surface area contributed by atoms with Crippen molar-refractivity contribution in [1.82, 2.24) is 4.90 Å². The Hall–Kier alpha value is -3.16. The van der Waals surface area contributed by atoms with Gasteiger partial charge in [0.25, 0.3) is 0 Å². The van der Waals surface area contributed by atoms with Crippen molar-refractivity contribution in [2.45, 2.75) is 19.5 Å². The van der Waals surface area contributed by atoms with Crippen molar-refractivity contribution >= 4 is 22.4 Å². The molecule has 0 spiro atoms. The second-order valence-electron chi connectivity index (χ2n) is 7.07. The van der Waals surface area contributed by atoms with E-state index in [1.54, 1.807) is 11.0 Å². The standard InChI is InChI=1S/C23H21N3O/c1-17-14-26(22-9-5-4-8-21(22)13-24)23(27)16-25(17)15-18-10-11-19-6-2-3-7-20(19)12-18/h2-12,17H,14-16H2,1H3/t17-/m1/s1. The van der Waals surface area contributed by atoms with E-state index in [0.717, 1.165) is 6.54 Å². The van der Waals surface area contributed by atoms with E-state index >= 15 is 0 Å². The van der Waals surface area contributed by atoms with Gasteiger partial charge in [-0.25, -0.2) is 0 Å². The van der Waals surface area contributed by atoms with Crippen LogP contribution in [0.4, 0.5) is 5.69 Å². The summed E-state index contributed by atoms with van der Waals surface area (Å²) in [6.45, 7) is 3.82. The van der Waals surface area contributed by atoms with Crippen LogP contribution in [0.1, 0.15) is 18.1 Å². The molecule has 134 valence electrons. The van der Waals surface area contributed by atoms with Crippen molar-refractivity contribution in [2.24, 2.45) is 0 Å².